The number of allylic oxidation sites excluding steroid dienone is 8. The first-order chi connectivity index (χ1) is 22.4. The number of rotatable bonds is 32. The molecule has 0 bridgehead atoms. The van der Waals surface area contributed by atoms with E-state index in [1.165, 1.54) is 57.8 Å². The standard InChI is InChI=1S/C40H68O6/c1-4-5-24-30-37(42)31-26-21-17-13-9-7-10-14-18-22-27-32-39(43)45-35-38(34-41)46-40(44)33-28-23-19-15-11-6-8-12-16-20-25-29-36(2)3/h7,9,14,17-18,21,26,31,36,38,41H,4-6,8,10-13,15-16,19-20,22-25,27-30,32-35H2,1-3H3/b9-7-,18-14-,21-17-,31-26+/t38-/m0/s1. The molecule has 0 saturated heterocycles. The summed E-state index contributed by atoms with van der Waals surface area (Å²) < 4.78 is 10.5. The highest BCUT2D eigenvalue weighted by Gasteiger charge is 2.16. The van der Waals surface area contributed by atoms with Gasteiger partial charge in [0.15, 0.2) is 11.9 Å². The molecule has 0 aliphatic carbocycles. The van der Waals surface area contributed by atoms with Crippen LogP contribution in [0.2, 0.25) is 0 Å². The van der Waals surface area contributed by atoms with Crippen molar-refractivity contribution in [2.75, 3.05) is 13.2 Å². The van der Waals surface area contributed by atoms with Crippen molar-refractivity contribution < 1.29 is 29.0 Å². The summed E-state index contributed by atoms with van der Waals surface area (Å²) in [5, 5.41) is 9.52. The van der Waals surface area contributed by atoms with E-state index in [9.17, 15) is 19.5 Å². The van der Waals surface area contributed by atoms with E-state index in [1.54, 1.807) is 6.08 Å². The maximum atomic E-state index is 12.1. The fourth-order valence-corrected chi connectivity index (χ4v) is 4.92. The molecule has 0 aromatic heterocycles. The topological polar surface area (TPSA) is 89.9 Å². The van der Waals surface area contributed by atoms with Gasteiger partial charge in [0.05, 0.1) is 6.61 Å². The molecule has 0 aromatic rings. The Morgan fingerprint density at radius 2 is 1.20 bits per heavy atom. The zero-order chi connectivity index (χ0) is 33.9. The molecule has 0 heterocycles. The summed E-state index contributed by atoms with van der Waals surface area (Å²) in [6.07, 6.45) is 37.2. The lowest BCUT2D eigenvalue weighted by molar-refractivity contribution is -0.161. The van der Waals surface area contributed by atoms with Crippen LogP contribution >= 0.6 is 0 Å². The zero-order valence-corrected chi connectivity index (χ0v) is 29.7. The van der Waals surface area contributed by atoms with Crippen molar-refractivity contribution in [3.63, 3.8) is 0 Å². The van der Waals surface area contributed by atoms with Crippen molar-refractivity contribution in [3.05, 3.63) is 48.6 Å². The van der Waals surface area contributed by atoms with Gasteiger partial charge in [0.1, 0.15) is 6.61 Å². The summed E-state index contributed by atoms with van der Waals surface area (Å²) in [5.41, 5.74) is 0. The third-order valence-electron chi connectivity index (χ3n) is 7.78. The van der Waals surface area contributed by atoms with E-state index in [-0.39, 0.29) is 37.4 Å². The average molecular weight is 645 g/mol. The van der Waals surface area contributed by atoms with Gasteiger partial charge < -0.3 is 14.6 Å². The molecular formula is C40H68O6. The third kappa shape index (κ3) is 32.9. The molecule has 6 nitrogen and oxygen atoms in total. The lowest BCUT2D eigenvalue weighted by Crippen LogP contribution is -2.28. The quantitative estimate of drug-likeness (QED) is 0.0258. The van der Waals surface area contributed by atoms with Crippen LogP contribution in [-0.4, -0.2) is 42.1 Å². The first kappa shape index (κ1) is 43.5. The van der Waals surface area contributed by atoms with Crippen LogP contribution in [0.1, 0.15) is 162 Å². The Hall–Kier alpha value is -2.47. The highest BCUT2D eigenvalue weighted by atomic mass is 16.6. The summed E-state index contributed by atoms with van der Waals surface area (Å²) in [6.45, 7) is 6.24. The second-order valence-electron chi connectivity index (χ2n) is 12.8. The minimum Gasteiger partial charge on any atom is -0.462 e. The molecule has 0 aliphatic heterocycles. The Morgan fingerprint density at radius 1 is 0.630 bits per heavy atom. The van der Waals surface area contributed by atoms with Gasteiger partial charge in [-0.25, -0.2) is 0 Å². The first-order valence-electron chi connectivity index (χ1n) is 18.5. The van der Waals surface area contributed by atoms with Crippen LogP contribution in [0.3, 0.4) is 0 Å². The summed E-state index contributed by atoms with van der Waals surface area (Å²) in [7, 11) is 0. The highest BCUT2D eigenvalue weighted by Crippen LogP contribution is 2.14. The SMILES string of the molecule is CCCCCC(=O)/C=C/C=C\C/C=C\C/C=C\CCCC(=O)OC[C@H](CO)OC(=O)CCCCCCCCCCCCCC(C)C. The van der Waals surface area contributed by atoms with Crippen LogP contribution < -0.4 is 0 Å². The van der Waals surface area contributed by atoms with Crippen molar-refractivity contribution in [2.24, 2.45) is 5.92 Å². The number of carbonyl (C=O) groups excluding carboxylic acids is 3. The van der Waals surface area contributed by atoms with Gasteiger partial charge in [0.2, 0.25) is 0 Å². The van der Waals surface area contributed by atoms with E-state index in [0.717, 1.165) is 63.7 Å². The van der Waals surface area contributed by atoms with Crippen LogP contribution in [0, 0.1) is 5.92 Å². The van der Waals surface area contributed by atoms with Crippen LogP contribution in [0.4, 0.5) is 0 Å². The second-order valence-corrected chi connectivity index (χ2v) is 12.8. The number of carbonyl (C=O) groups is 3. The predicted octanol–water partition coefficient (Wildman–Crippen LogP) is 10.5. The highest BCUT2D eigenvalue weighted by molar-refractivity contribution is 5.89. The Morgan fingerprint density at radius 3 is 1.83 bits per heavy atom. The van der Waals surface area contributed by atoms with E-state index in [1.807, 2.05) is 18.2 Å². The van der Waals surface area contributed by atoms with Gasteiger partial charge in [-0.1, -0.05) is 147 Å². The summed E-state index contributed by atoms with van der Waals surface area (Å²) in [6, 6.07) is 0. The van der Waals surface area contributed by atoms with Gasteiger partial charge in [-0.2, -0.15) is 0 Å². The molecule has 264 valence electrons. The molecule has 6 heteroatoms. The second kappa shape index (κ2) is 33.9. The molecule has 0 aliphatic rings. The lowest BCUT2D eigenvalue weighted by Gasteiger charge is -2.15. The zero-order valence-electron chi connectivity index (χ0n) is 29.7. The van der Waals surface area contributed by atoms with E-state index in [0.29, 0.717) is 19.3 Å². The molecule has 0 aromatic carbocycles. The fourth-order valence-electron chi connectivity index (χ4n) is 4.92. The van der Waals surface area contributed by atoms with Crippen LogP contribution in [0.5, 0.6) is 0 Å². The summed E-state index contributed by atoms with van der Waals surface area (Å²) in [5.74, 6) is 0.319. The summed E-state index contributed by atoms with van der Waals surface area (Å²) in [4.78, 5) is 35.8. The number of esters is 2. The Kier molecular flexibility index (Phi) is 32.1. The molecule has 0 saturated carbocycles. The lowest BCUT2D eigenvalue weighted by atomic mass is 10.0. The predicted molar refractivity (Wildman–Crippen MR) is 192 cm³/mol. The Bertz CT molecular complexity index is 854. The number of hydrogen-bond acceptors (Lipinski definition) is 6. The molecule has 0 spiro atoms. The minimum absolute atomic E-state index is 0.112. The molecule has 0 radical (unpaired) electrons. The van der Waals surface area contributed by atoms with Crippen LogP contribution in [0.15, 0.2) is 48.6 Å². The molecule has 46 heavy (non-hydrogen) atoms. The molecule has 1 N–H and O–H groups in total. The van der Waals surface area contributed by atoms with Crippen molar-refractivity contribution in [2.45, 2.75) is 168 Å². The summed E-state index contributed by atoms with van der Waals surface area (Å²) >= 11 is 0. The van der Waals surface area contributed by atoms with Gasteiger partial charge in [-0.05, 0) is 50.5 Å². The maximum absolute atomic E-state index is 12.1. The molecule has 1 atom stereocenters. The Labute approximate surface area is 282 Å². The molecule has 0 rings (SSSR count). The molecule has 0 fully saturated rings. The van der Waals surface area contributed by atoms with E-state index in [2.05, 4.69) is 45.1 Å². The maximum Gasteiger partial charge on any atom is 0.306 e. The molecule has 0 unspecified atom stereocenters. The number of ether oxygens (including phenoxy) is 2. The van der Waals surface area contributed by atoms with Gasteiger partial charge in [-0.15, -0.1) is 0 Å². The number of hydrogen-bond donors (Lipinski definition) is 1. The Balaban J connectivity index is 3.73. The average Bonchev–Trinajstić information content (AvgIpc) is 3.03. The van der Waals surface area contributed by atoms with Crippen LogP contribution in [0.25, 0.3) is 0 Å². The third-order valence-corrected chi connectivity index (χ3v) is 7.78. The van der Waals surface area contributed by atoms with Crippen molar-refractivity contribution >= 4 is 17.7 Å². The fraction of sp³-hybridized carbons (Fsp3) is 0.725. The van der Waals surface area contributed by atoms with Crippen LogP contribution in [-0.2, 0) is 23.9 Å². The van der Waals surface area contributed by atoms with Crippen molar-refractivity contribution in [1.29, 1.82) is 0 Å². The smallest absolute Gasteiger partial charge is 0.306 e. The normalized spacial score (nSPS) is 12.7. The molecule has 0 amide bonds. The van der Waals surface area contributed by atoms with E-state index < -0.39 is 6.10 Å². The van der Waals surface area contributed by atoms with Gasteiger partial charge in [0.25, 0.3) is 0 Å². The number of aliphatic hydroxyl groups is 1. The minimum atomic E-state index is -0.808. The van der Waals surface area contributed by atoms with Crippen molar-refractivity contribution in [3.8, 4) is 0 Å². The first-order valence-corrected chi connectivity index (χ1v) is 18.5. The number of aliphatic hydroxyl groups excluding tert-OH is 1. The monoisotopic (exact) mass is 645 g/mol. The largest absolute Gasteiger partial charge is 0.462 e. The van der Waals surface area contributed by atoms with Gasteiger partial charge in [0, 0.05) is 19.3 Å². The van der Waals surface area contributed by atoms with Gasteiger partial charge >= 0.3 is 11.9 Å². The van der Waals surface area contributed by atoms with E-state index in [4.69, 9.17) is 9.47 Å². The van der Waals surface area contributed by atoms with Crippen molar-refractivity contribution in [1.82, 2.24) is 0 Å². The number of ketones is 1. The van der Waals surface area contributed by atoms with E-state index >= 15 is 0 Å². The molecular weight excluding hydrogens is 576 g/mol. The van der Waals surface area contributed by atoms with Gasteiger partial charge in [-0.3, -0.25) is 14.4 Å². The number of unbranched alkanes of at least 4 members (excludes halogenated alkanes) is 13.